The molecule has 0 aromatic rings. The summed E-state index contributed by atoms with van der Waals surface area (Å²) >= 11 is 0. The molecule has 1 heteroatoms. The Hall–Kier alpha value is -0.0400. The number of hydrogen-bond acceptors (Lipinski definition) is 1. The maximum atomic E-state index is 5.85. The van der Waals surface area contributed by atoms with E-state index in [1.54, 1.807) is 0 Å². The molecule has 1 aliphatic carbocycles. The molecule has 0 aromatic carbocycles. The fourth-order valence-electron chi connectivity index (χ4n) is 1.95. The molecule has 0 N–H and O–H groups in total. The van der Waals surface area contributed by atoms with Crippen LogP contribution in [0.5, 0.6) is 0 Å². The lowest BCUT2D eigenvalue weighted by atomic mass is 9.88. The van der Waals surface area contributed by atoms with Crippen LogP contribution in [0.2, 0.25) is 0 Å². The molecule has 1 heterocycles. The van der Waals surface area contributed by atoms with Gasteiger partial charge in [-0.25, -0.2) is 0 Å². The van der Waals surface area contributed by atoms with Crippen molar-refractivity contribution in [1.82, 2.24) is 0 Å². The molecule has 0 bridgehead atoms. The van der Waals surface area contributed by atoms with E-state index in [4.69, 9.17) is 4.74 Å². The van der Waals surface area contributed by atoms with Crippen molar-refractivity contribution in [3.8, 4) is 0 Å². The van der Waals surface area contributed by atoms with E-state index < -0.39 is 0 Å². The fraction of sp³-hybridized carbons (Fsp3) is 1.00. The van der Waals surface area contributed by atoms with Gasteiger partial charge in [0.05, 0.1) is 12.2 Å². The van der Waals surface area contributed by atoms with E-state index >= 15 is 0 Å². The van der Waals surface area contributed by atoms with Gasteiger partial charge in [0, 0.05) is 0 Å². The predicted octanol–water partition coefficient (Wildman–Crippen LogP) is 2.60. The molecule has 1 aliphatic heterocycles. The SMILES string of the molecule is CC(C)C1CCC2(CC2)OC1. The molecular weight excluding hydrogens is 136 g/mol. The Morgan fingerprint density at radius 1 is 1.27 bits per heavy atom. The third-order valence-corrected chi connectivity index (χ3v) is 3.32. The van der Waals surface area contributed by atoms with E-state index in [0.717, 1.165) is 18.4 Å². The first-order valence-electron chi connectivity index (χ1n) is 4.86. The lowest BCUT2D eigenvalue weighted by molar-refractivity contribution is -0.0451. The molecule has 1 unspecified atom stereocenters. The van der Waals surface area contributed by atoms with Crippen LogP contribution in [-0.2, 0) is 4.74 Å². The van der Waals surface area contributed by atoms with Gasteiger partial charge in [-0.15, -0.1) is 0 Å². The Kier molecular flexibility index (Phi) is 1.71. The van der Waals surface area contributed by atoms with Crippen LogP contribution in [0, 0.1) is 11.8 Å². The number of hydrogen-bond donors (Lipinski definition) is 0. The maximum Gasteiger partial charge on any atom is 0.0685 e. The van der Waals surface area contributed by atoms with Gasteiger partial charge in [0.25, 0.3) is 0 Å². The summed E-state index contributed by atoms with van der Waals surface area (Å²) in [5.74, 6) is 1.65. The van der Waals surface area contributed by atoms with Gasteiger partial charge in [-0.3, -0.25) is 0 Å². The summed E-state index contributed by atoms with van der Waals surface area (Å²) in [6.07, 6.45) is 5.39. The third kappa shape index (κ3) is 1.44. The molecule has 1 spiro atoms. The van der Waals surface area contributed by atoms with Crippen LogP contribution in [0.25, 0.3) is 0 Å². The van der Waals surface area contributed by atoms with Crippen molar-refractivity contribution in [3.63, 3.8) is 0 Å². The van der Waals surface area contributed by atoms with E-state index in [9.17, 15) is 0 Å². The number of rotatable bonds is 1. The summed E-state index contributed by atoms with van der Waals surface area (Å²) in [6.45, 7) is 5.63. The van der Waals surface area contributed by atoms with E-state index in [2.05, 4.69) is 13.8 Å². The van der Waals surface area contributed by atoms with Crippen molar-refractivity contribution >= 4 is 0 Å². The summed E-state index contributed by atoms with van der Waals surface area (Å²) in [7, 11) is 0. The quantitative estimate of drug-likeness (QED) is 0.564. The van der Waals surface area contributed by atoms with Crippen LogP contribution < -0.4 is 0 Å². The highest BCUT2D eigenvalue weighted by atomic mass is 16.5. The molecule has 0 radical (unpaired) electrons. The average Bonchev–Trinajstić information content (AvgIpc) is 2.70. The van der Waals surface area contributed by atoms with Crippen LogP contribution in [0.1, 0.15) is 39.5 Å². The normalized spacial score (nSPS) is 34.6. The molecule has 1 nitrogen and oxygen atoms in total. The first kappa shape index (κ1) is 7.60. The lowest BCUT2D eigenvalue weighted by Crippen LogP contribution is -2.29. The van der Waals surface area contributed by atoms with E-state index in [1.807, 2.05) is 0 Å². The molecule has 0 aromatic heterocycles. The minimum Gasteiger partial charge on any atom is -0.375 e. The molecule has 2 aliphatic rings. The van der Waals surface area contributed by atoms with Crippen molar-refractivity contribution in [2.45, 2.75) is 45.1 Å². The summed E-state index contributed by atoms with van der Waals surface area (Å²) in [4.78, 5) is 0. The Balaban J connectivity index is 1.84. The largest absolute Gasteiger partial charge is 0.375 e. The van der Waals surface area contributed by atoms with Gasteiger partial charge in [0.1, 0.15) is 0 Å². The molecular formula is C10H18O. The Morgan fingerprint density at radius 2 is 2.00 bits per heavy atom. The zero-order chi connectivity index (χ0) is 7.90. The predicted molar refractivity (Wildman–Crippen MR) is 45.5 cm³/mol. The highest BCUT2D eigenvalue weighted by Crippen LogP contribution is 2.48. The third-order valence-electron chi connectivity index (χ3n) is 3.32. The van der Waals surface area contributed by atoms with E-state index in [0.29, 0.717) is 5.60 Å². The van der Waals surface area contributed by atoms with Gasteiger partial charge < -0.3 is 4.74 Å². The summed E-state index contributed by atoms with van der Waals surface area (Å²) < 4.78 is 5.85. The zero-order valence-electron chi connectivity index (χ0n) is 7.60. The second kappa shape index (κ2) is 2.48. The highest BCUT2D eigenvalue weighted by molar-refractivity contribution is 4.98. The van der Waals surface area contributed by atoms with Crippen LogP contribution in [-0.4, -0.2) is 12.2 Å². The van der Waals surface area contributed by atoms with Crippen LogP contribution in [0.3, 0.4) is 0 Å². The van der Waals surface area contributed by atoms with Gasteiger partial charge in [-0.2, -0.15) is 0 Å². The number of ether oxygens (including phenoxy) is 1. The smallest absolute Gasteiger partial charge is 0.0685 e. The monoisotopic (exact) mass is 154 g/mol. The average molecular weight is 154 g/mol. The molecule has 1 saturated heterocycles. The van der Waals surface area contributed by atoms with Gasteiger partial charge in [-0.05, 0) is 37.5 Å². The van der Waals surface area contributed by atoms with E-state index in [1.165, 1.54) is 25.7 Å². The molecule has 0 amide bonds. The standard InChI is InChI=1S/C10H18O/c1-8(2)9-3-4-10(5-6-10)11-7-9/h8-9H,3-7H2,1-2H3. The first-order valence-corrected chi connectivity index (χ1v) is 4.86. The minimum absolute atomic E-state index is 0.394. The van der Waals surface area contributed by atoms with Gasteiger partial charge in [0.15, 0.2) is 0 Å². The summed E-state index contributed by atoms with van der Waals surface area (Å²) in [5, 5.41) is 0. The summed E-state index contributed by atoms with van der Waals surface area (Å²) in [6, 6.07) is 0. The molecule has 2 rings (SSSR count). The minimum atomic E-state index is 0.394. The molecule has 1 saturated carbocycles. The van der Waals surface area contributed by atoms with Gasteiger partial charge in [-0.1, -0.05) is 13.8 Å². The maximum absolute atomic E-state index is 5.85. The lowest BCUT2D eigenvalue weighted by Gasteiger charge is -2.31. The van der Waals surface area contributed by atoms with E-state index in [-0.39, 0.29) is 0 Å². The second-order valence-electron chi connectivity index (χ2n) is 4.54. The van der Waals surface area contributed by atoms with Crippen molar-refractivity contribution in [2.75, 3.05) is 6.61 Å². The second-order valence-corrected chi connectivity index (χ2v) is 4.54. The van der Waals surface area contributed by atoms with Crippen molar-refractivity contribution in [1.29, 1.82) is 0 Å². The fourth-order valence-corrected chi connectivity index (χ4v) is 1.95. The molecule has 64 valence electrons. The van der Waals surface area contributed by atoms with Crippen molar-refractivity contribution < 1.29 is 4.74 Å². The molecule has 11 heavy (non-hydrogen) atoms. The van der Waals surface area contributed by atoms with Gasteiger partial charge >= 0.3 is 0 Å². The van der Waals surface area contributed by atoms with Crippen LogP contribution in [0.15, 0.2) is 0 Å². The Bertz CT molecular complexity index is 137. The van der Waals surface area contributed by atoms with Crippen LogP contribution >= 0.6 is 0 Å². The molecule has 1 atom stereocenters. The highest BCUT2D eigenvalue weighted by Gasteiger charge is 2.46. The van der Waals surface area contributed by atoms with Crippen molar-refractivity contribution in [3.05, 3.63) is 0 Å². The van der Waals surface area contributed by atoms with Crippen LogP contribution in [0.4, 0.5) is 0 Å². The van der Waals surface area contributed by atoms with Crippen molar-refractivity contribution in [2.24, 2.45) is 11.8 Å². The van der Waals surface area contributed by atoms with Gasteiger partial charge in [0.2, 0.25) is 0 Å². The Labute approximate surface area is 69.1 Å². The topological polar surface area (TPSA) is 9.23 Å². The first-order chi connectivity index (χ1) is 5.22. The Morgan fingerprint density at radius 3 is 2.36 bits per heavy atom. The molecule has 2 fully saturated rings. The summed E-state index contributed by atoms with van der Waals surface area (Å²) in [5.41, 5.74) is 0.394. The zero-order valence-corrected chi connectivity index (χ0v) is 7.60.